The first-order valence-electron chi connectivity index (χ1n) is 12.1. The highest BCUT2D eigenvalue weighted by atomic mass is 16.6. The van der Waals surface area contributed by atoms with E-state index in [0.29, 0.717) is 25.1 Å². The fraction of sp³-hybridized carbons (Fsp3) is 0.464. The molecule has 2 aromatic rings. The van der Waals surface area contributed by atoms with Gasteiger partial charge in [0.05, 0.1) is 23.4 Å². The molecule has 2 rings (SSSR count). The lowest BCUT2D eigenvalue weighted by Gasteiger charge is -2.21. The number of rotatable bonds is 10. The number of esters is 2. The van der Waals surface area contributed by atoms with E-state index in [9.17, 15) is 19.5 Å². The highest BCUT2D eigenvalue weighted by Crippen LogP contribution is 2.34. The number of hydrogen-bond donors (Lipinski definition) is 3. The maximum atomic E-state index is 12.5. The van der Waals surface area contributed by atoms with Crippen molar-refractivity contribution in [2.24, 2.45) is 10.8 Å². The summed E-state index contributed by atoms with van der Waals surface area (Å²) in [5.41, 5.74) is -0.0862. The van der Waals surface area contributed by atoms with Gasteiger partial charge in [-0.25, -0.2) is 0 Å². The summed E-state index contributed by atoms with van der Waals surface area (Å²) in [7, 11) is 0. The van der Waals surface area contributed by atoms with Gasteiger partial charge in [-0.1, -0.05) is 36.4 Å². The number of hydrogen-bond acceptors (Lipinski definition) is 7. The molecule has 0 radical (unpaired) electrons. The van der Waals surface area contributed by atoms with Crippen molar-refractivity contribution in [2.75, 3.05) is 19.6 Å². The number of amides is 1. The van der Waals surface area contributed by atoms with E-state index in [2.05, 4.69) is 10.6 Å². The van der Waals surface area contributed by atoms with Gasteiger partial charge in [-0.3, -0.25) is 14.4 Å². The molecule has 2 aromatic carbocycles. The van der Waals surface area contributed by atoms with Crippen LogP contribution in [0.25, 0.3) is 0 Å². The van der Waals surface area contributed by atoms with Crippen LogP contribution in [0.4, 0.5) is 0 Å². The summed E-state index contributed by atoms with van der Waals surface area (Å²) in [5.74, 6) is -0.865. The predicted molar refractivity (Wildman–Crippen MR) is 138 cm³/mol. The van der Waals surface area contributed by atoms with Gasteiger partial charge in [0.25, 0.3) is 0 Å². The molecular formula is C28H38N2O6. The van der Waals surface area contributed by atoms with Crippen LogP contribution in [0.5, 0.6) is 11.5 Å². The van der Waals surface area contributed by atoms with Crippen LogP contribution in [0.2, 0.25) is 0 Å². The van der Waals surface area contributed by atoms with Crippen molar-refractivity contribution in [1.29, 1.82) is 0 Å². The summed E-state index contributed by atoms with van der Waals surface area (Å²) in [6.45, 7) is 11.4. The SMILES string of the molecule is CC(C)(C)C(=O)Oc1ccc(C(O)CNCCNC(=O)Cc2ccccc2)cc1OC(=O)C(C)(C)C. The van der Waals surface area contributed by atoms with Crippen molar-refractivity contribution in [1.82, 2.24) is 10.6 Å². The lowest BCUT2D eigenvalue weighted by molar-refractivity contribution is -0.145. The molecule has 8 nitrogen and oxygen atoms in total. The highest BCUT2D eigenvalue weighted by molar-refractivity contribution is 5.81. The van der Waals surface area contributed by atoms with E-state index in [1.165, 1.54) is 12.1 Å². The number of carbonyl (C=O) groups is 3. The number of aliphatic hydroxyl groups excluding tert-OH is 1. The second-order valence-corrected chi connectivity index (χ2v) is 10.7. The van der Waals surface area contributed by atoms with Crippen molar-refractivity contribution < 1.29 is 29.0 Å². The van der Waals surface area contributed by atoms with Gasteiger partial charge in [-0.05, 0) is 64.8 Å². The summed E-state index contributed by atoms with van der Waals surface area (Å²) >= 11 is 0. The third-order valence-electron chi connectivity index (χ3n) is 5.15. The van der Waals surface area contributed by atoms with E-state index < -0.39 is 28.9 Å². The number of aliphatic hydroxyl groups is 1. The van der Waals surface area contributed by atoms with Crippen LogP contribution < -0.4 is 20.1 Å². The first-order chi connectivity index (χ1) is 16.8. The number of benzene rings is 2. The largest absolute Gasteiger partial charge is 0.422 e. The van der Waals surface area contributed by atoms with Gasteiger partial charge in [0, 0.05) is 19.6 Å². The van der Waals surface area contributed by atoms with E-state index >= 15 is 0 Å². The molecule has 36 heavy (non-hydrogen) atoms. The quantitative estimate of drug-likeness (QED) is 0.261. The summed E-state index contributed by atoms with van der Waals surface area (Å²) in [4.78, 5) is 36.9. The van der Waals surface area contributed by atoms with Gasteiger partial charge in [0.15, 0.2) is 11.5 Å². The van der Waals surface area contributed by atoms with Crippen LogP contribution in [0.1, 0.15) is 58.8 Å². The maximum Gasteiger partial charge on any atom is 0.316 e. The lowest BCUT2D eigenvalue weighted by atomic mass is 9.97. The number of nitrogens with one attached hydrogen (secondary N) is 2. The minimum absolute atomic E-state index is 0.0669. The molecule has 1 amide bonds. The van der Waals surface area contributed by atoms with E-state index in [-0.39, 0.29) is 24.0 Å². The van der Waals surface area contributed by atoms with Crippen molar-refractivity contribution in [2.45, 2.75) is 54.1 Å². The zero-order chi connectivity index (χ0) is 26.9. The minimum atomic E-state index is -0.913. The van der Waals surface area contributed by atoms with Crippen LogP contribution in [0.15, 0.2) is 48.5 Å². The smallest absolute Gasteiger partial charge is 0.316 e. The molecule has 0 aliphatic heterocycles. The molecule has 0 spiro atoms. The Kier molecular flexibility index (Phi) is 10.2. The average molecular weight is 499 g/mol. The van der Waals surface area contributed by atoms with Crippen molar-refractivity contribution in [3.05, 3.63) is 59.7 Å². The van der Waals surface area contributed by atoms with Crippen LogP contribution >= 0.6 is 0 Å². The van der Waals surface area contributed by atoms with Gasteiger partial charge in [0.2, 0.25) is 5.91 Å². The van der Waals surface area contributed by atoms with Crippen molar-refractivity contribution >= 4 is 17.8 Å². The Hall–Kier alpha value is -3.23. The minimum Gasteiger partial charge on any atom is -0.422 e. The Morgan fingerprint density at radius 3 is 2.00 bits per heavy atom. The summed E-state index contributed by atoms with van der Waals surface area (Å²) < 4.78 is 11.0. The normalized spacial score (nSPS) is 12.5. The molecule has 0 bridgehead atoms. The molecule has 0 aliphatic rings. The molecule has 0 saturated carbocycles. The first-order valence-corrected chi connectivity index (χ1v) is 12.1. The van der Waals surface area contributed by atoms with Crippen LogP contribution in [0.3, 0.4) is 0 Å². The second-order valence-electron chi connectivity index (χ2n) is 10.7. The Balaban J connectivity index is 1.96. The van der Waals surface area contributed by atoms with Crippen LogP contribution in [-0.4, -0.2) is 42.6 Å². The van der Waals surface area contributed by atoms with E-state index in [1.54, 1.807) is 47.6 Å². The van der Waals surface area contributed by atoms with Gasteiger partial charge >= 0.3 is 11.9 Å². The zero-order valence-electron chi connectivity index (χ0n) is 22.0. The molecule has 3 N–H and O–H groups in total. The fourth-order valence-electron chi connectivity index (χ4n) is 2.89. The molecular weight excluding hydrogens is 460 g/mol. The van der Waals surface area contributed by atoms with Gasteiger partial charge in [-0.2, -0.15) is 0 Å². The molecule has 8 heteroatoms. The molecule has 0 heterocycles. The molecule has 1 unspecified atom stereocenters. The van der Waals surface area contributed by atoms with Crippen molar-refractivity contribution in [3.63, 3.8) is 0 Å². The van der Waals surface area contributed by atoms with E-state index in [1.807, 2.05) is 30.3 Å². The second kappa shape index (κ2) is 12.6. The number of carbonyl (C=O) groups excluding carboxylic acids is 3. The lowest BCUT2D eigenvalue weighted by Crippen LogP contribution is -2.34. The standard InChI is InChI=1S/C28H38N2O6/c1-27(2,3)25(33)35-22-13-12-20(17-23(22)36-26(34)28(4,5)6)21(31)18-29-14-15-30-24(32)16-19-10-8-7-9-11-19/h7-13,17,21,29,31H,14-16,18H2,1-6H3,(H,30,32). The van der Waals surface area contributed by atoms with Gasteiger partial charge < -0.3 is 25.2 Å². The zero-order valence-corrected chi connectivity index (χ0v) is 22.0. The Labute approximate surface area is 213 Å². The molecule has 0 aromatic heterocycles. The predicted octanol–water partition coefficient (Wildman–Crippen LogP) is 3.57. The third-order valence-corrected chi connectivity index (χ3v) is 5.15. The van der Waals surface area contributed by atoms with Crippen molar-refractivity contribution in [3.8, 4) is 11.5 Å². The Bertz CT molecular complexity index is 1040. The van der Waals surface area contributed by atoms with E-state index in [4.69, 9.17) is 9.47 Å². The molecule has 1 atom stereocenters. The molecule has 0 aliphatic carbocycles. The van der Waals surface area contributed by atoms with E-state index in [0.717, 1.165) is 5.56 Å². The van der Waals surface area contributed by atoms with Crippen LogP contribution in [-0.2, 0) is 20.8 Å². The third kappa shape index (κ3) is 9.43. The first kappa shape index (κ1) is 29.0. The summed E-state index contributed by atoms with van der Waals surface area (Å²) in [5, 5.41) is 16.6. The molecule has 0 fully saturated rings. The average Bonchev–Trinajstić information content (AvgIpc) is 2.79. The Morgan fingerprint density at radius 1 is 0.833 bits per heavy atom. The summed E-state index contributed by atoms with van der Waals surface area (Å²) in [6.07, 6.45) is -0.601. The van der Waals surface area contributed by atoms with Gasteiger partial charge in [-0.15, -0.1) is 0 Å². The molecule has 196 valence electrons. The highest BCUT2D eigenvalue weighted by Gasteiger charge is 2.28. The molecule has 0 saturated heterocycles. The topological polar surface area (TPSA) is 114 Å². The maximum absolute atomic E-state index is 12.5. The van der Waals surface area contributed by atoms with Gasteiger partial charge in [0.1, 0.15) is 0 Å². The Morgan fingerprint density at radius 2 is 1.42 bits per heavy atom. The summed E-state index contributed by atoms with van der Waals surface area (Å²) in [6, 6.07) is 14.1. The fourth-order valence-corrected chi connectivity index (χ4v) is 2.89. The number of ether oxygens (including phenoxy) is 2. The monoisotopic (exact) mass is 498 g/mol. The van der Waals surface area contributed by atoms with Crippen LogP contribution in [0, 0.1) is 10.8 Å².